The van der Waals surface area contributed by atoms with Gasteiger partial charge in [0, 0.05) is 51.0 Å². The standard InChI is InChI=1S/C22H31N5O/c1-6-25(7-2)21-15-19(23-18(5)24-21)22(28)27-13-11-26(12-14-27)20-10-8-9-16(3)17(20)4/h8-10,15H,6-7,11-14H2,1-5H3. The van der Waals surface area contributed by atoms with Crippen LogP contribution in [0.4, 0.5) is 11.5 Å². The summed E-state index contributed by atoms with van der Waals surface area (Å²) in [4.78, 5) is 28.4. The van der Waals surface area contributed by atoms with Crippen LogP contribution in [0, 0.1) is 20.8 Å². The Balaban J connectivity index is 1.72. The predicted molar refractivity (Wildman–Crippen MR) is 114 cm³/mol. The molecule has 0 atom stereocenters. The van der Waals surface area contributed by atoms with Crippen molar-refractivity contribution in [2.45, 2.75) is 34.6 Å². The largest absolute Gasteiger partial charge is 0.368 e. The third-order valence-corrected chi connectivity index (χ3v) is 5.61. The number of carbonyl (C=O) groups excluding carboxylic acids is 1. The topological polar surface area (TPSA) is 52.6 Å². The van der Waals surface area contributed by atoms with Crippen LogP contribution >= 0.6 is 0 Å². The number of aromatic nitrogens is 2. The van der Waals surface area contributed by atoms with E-state index in [0.29, 0.717) is 24.6 Å². The smallest absolute Gasteiger partial charge is 0.272 e. The molecule has 3 rings (SSSR count). The van der Waals surface area contributed by atoms with Gasteiger partial charge in [0.15, 0.2) is 0 Å². The molecule has 1 fully saturated rings. The fourth-order valence-corrected chi connectivity index (χ4v) is 3.76. The number of benzene rings is 1. The summed E-state index contributed by atoms with van der Waals surface area (Å²) in [6.07, 6.45) is 0. The van der Waals surface area contributed by atoms with Gasteiger partial charge in [0.25, 0.3) is 5.91 Å². The summed E-state index contributed by atoms with van der Waals surface area (Å²) < 4.78 is 0. The van der Waals surface area contributed by atoms with Crippen molar-refractivity contribution < 1.29 is 4.79 Å². The molecule has 1 aliphatic rings. The molecule has 0 N–H and O–H groups in total. The number of carbonyl (C=O) groups is 1. The van der Waals surface area contributed by atoms with Crippen LogP contribution in [0.2, 0.25) is 0 Å². The lowest BCUT2D eigenvalue weighted by atomic mass is 10.1. The lowest BCUT2D eigenvalue weighted by Crippen LogP contribution is -2.49. The van der Waals surface area contributed by atoms with Crippen molar-refractivity contribution >= 4 is 17.4 Å². The molecule has 6 nitrogen and oxygen atoms in total. The Morgan fingerprint density at radius 1 is 1.04 bits per heavy atom. The molecule has 0 saturated carbocycles. The first-order valence-corrected chi connectivity index (χ1v) is 10.2. The van der Waals surface area contributed by atoms with E-state index in [4.69, 9.17) is 0 Å². The average molecular weight is 382 g/mol. The van der Waals surface area contributed by atoms with E-state index in [2.05, 4.69) is 65.7 Å². The Kier molecular flexibility index (Phi) is 6.17. The molecule has 2 aromatic rings. The van der Waals surface area contributed by atoms with Crippen LogP contribution in [0.5, 0.6) is 0 Å². The van der Waals surface area contributed by atoms with Crippen molar-refractivity contribution in [3.05, 3.63) is 46.9 Å². The number of nitrogens with zero attached hydrogens (tertiary/aromatic N) is 5. The number of aryl methyl sites for hydroxylation is 2. The molecule has 28 heavy (non-hydrogen) atoms. The first kappa shape index (κ1) is 20.1. The van der Waals surface area contributed by atoms with Crippen LogP contribution in [0.25, 0.3) is 0 Å². The molecular weight excluding hydrogens is 350 g/mol. The van der Waals surface area contributed by atoms with E-state index in [9.17, 15) is 4.79 Å². The monoisotopic (exact) mass is 381 g/mol. The summed E-state index contributed by atoms with van der Waals surface area (Å²) in [7, 11) is 0. The van der Waals surface area contributed by atoms with Crippen LogP contribution in [0.15, 0.2) is 24.3 Å². The summed E-state index contributed by atoms with van der Waals surface area (Å²) in [6, 6.07) is 8.25. The van der Waals surface area contributed by atoms with Crippen LogP contribution < -0.4 is 9.80 Å². The Morgan fingerprint density at radius 3 is 2.36 bits per heavy atom. The second-order valence-corrected chi connectivity index (χ2v) is 7.33. The van der Waals surface area contributed by atoms with Crippen LogP contribution in [-0.2, 0) is 0 Å². The van der Waals surface area contributed by atoms with E-state index in [1.807, 2.05) is 17.9 Å². The highest BCUT2D eigenvalue weighted by molar-refractivity contribution is 5.93. The zero-order chi connectivity index (χ0) is 20.3. The van der Waals surface area contributed by atoms with Gasteiger partial charge in [0.05, 0.1) is 0 Å². The Morgan fingerprint density at radius 2 is 1.71 bits per heavy atom. The number of anilines is 2. The first-order valence-electron chi connectivity index (χ1n) is 10.2. The van der Waals surface area contributed by atoms with E-state index in [-0.39, 0.29) is 5.91 Å². The van der Waals surface area contributed by atoms with Crippen LogP contribution in [0.3, 0.4) is 0 Å². The minimum atomic E-state index is -0.000444. The third kappa shape index (κ3) is 4.11. The number of hydrogen-bond donors (Lipinski definition) is 0. The minimum absolute atomic E-state index is 0.000444. The third-order valence-electron chi connectivity index (χ3n) is 5.61. The van der Waals surface area contributed by atoms with Gasteiger partial charge in [-0.1, -0.05) is 12.1 Å². The van der Waals surface area contributed by atoms with Gasteiger partial charge < -0.3 is 14.7 Å². The van der Waals surface area contributed by atoms with Gasteiger partial charge >= 0.3 is 0 Å². The predicted octanol–water partition coefficient (Wildman–Crippen LogP) is 3.21. The molecule has 150 valence electrons. The fourth-order valence-electron chi connectivity index (χ4n) is 3.76. The van der Waals surface area contributed by atoms with Crippen molar-refractivity contribution in [2.75, 3.05) is 49.1 Å². The summed E-state index contributed by atoms with van der Waals surface area (Å²) >= 11 is 0. The maximum Gasteiger partial charge on any atom is 0.272 e. The quantitative estimate of drug-likeness (QED) is 0.796. The highest BCUT2D eigenvalue weighted by atomic mass is 16.2. The van der Waals surface area contributed by atoms with Gasteiger partial charge in [-0.15, -0.1) is 0 Å². The summed E-state index contributed by atoms with van der Waals surface area (Å²) in [5.41, 5.74) is 4.39. The molecule has 0 aliphatic carbocycles. The lowest BCUT2D eigenvalue weighted by Gasteiger charge is -2.37. The lowest BCUT2D eigenvalue weighted by molar-refractivity contribution is 0.0740. The molecule has 1 amide bonds. The highest BCUT2D eigenvalue weighted by Gasteiger charge is 2.25. The SMILES string of the molecule is CCN(CC)c1cc(C(=O)N2CCN(c3cccc(C)c3C)CC2)nc(C)n1. The van der Waals surface area contributed by atoms with Crippen molar-refractivity contribution in [3.63, 3.8) is 0 Å². The Labute approximate surface area is 168 Å². The zero-order valence-corrected chi connectivity index (χ0v) is 17.7. The van der Waals surface area contributed by atoms with E-state index >= 15 is 0 Å². The normalized spacial score (nSPS) is 14.3. The van der Waals surface area contributed by atoms with Crippen LogP contribution in [-0.4, -0.2) is 60.0 Å². The van der Waals surface area contributed by atoms with Gasteiger partial charge in [-0.05, 0) is 51.8 Å². The van der Waals surface area contributed by atoms with E-state index < -0.39 is 0 Å². The molecule has 6 heteroatoms. The first-order chi connectivity index (χ1) is 13.4. The van der Waals surface area contributed by atoms with Gasteiger partial charge in [0.2, 0.25) is 0 Å². The zero-order valence-electron chi connectivity index (χ0n) is 17.7. The van der Waals surface area contributed by atoms with Crippen molar-refractivity contribution in [1.82, 2.24) is 14.9 Å². The summed E-state index contributed by atoms with van der Waals surface area (Å²) in [5.74, 6) is 1.47. The molecule has 0 unspecified atom stereocenters. The molecule has 1 aliphatic heterocycles. The average Bonchev–Trinajstić information content (AvgIpc) is 2.70. The van der Waals surface area contributed by atoms with Gasteiger partial charge in [-0.25, -0.2) is 9.97 Å². The van der Waals surface area contributed by atoms with Gasteiger partial charge in [-0.2, -0.15) is 0 Å². The second kappa shape index (κ2) is 8.59. The molecular formula is C22H31N5O. The number of rotatable bonds is 5. The van der Waals surface area contributed by atoms with E-state index in [1.165, 1.54) is 16.8 Å². The molecule has 0 radical (unpaired) electrons. The number of piperazine rings is 1. The molecule has 0 bridgehead atoms. The van der Waals surface area contributed by atoms with Gasteiger partial charge in [0.1, 0.15) is 17.3 Å². The maximum absolute atomic E-state index is 13.1. The van der Waals surface area contributed by atoms with Crippen LogP contribution in [0.1, 0.15) is 41.3 Å². The highest BCUT2D eigenvalue weighted by Crippen LogP contribution is 2.24. The summed E-state index contributed by atoms with van der Waals surface area (Å²) in [5, 5.41) is 0. The van der Waals surface area contributed by atoms with Crippen molar-refractivity contribution in [3.8, 4) is 0 Å². The summed E-state index contributed by atoms with van der Waals surface area (Å²) in [6.45, 7) is 15.1. The second-order valence-electron chi connectivity index (χ2n) is 7.33. The molecule has 1 aromatic heterocycles. The van der Waals surface area contributed by atoms with Gasteiger partial charge in [-0.3, -0.25) is 4.79 Å². The molecule has 2 heterocycles. The van der Waals surface area contributed by atoms with Crippen molar-refractivity contribution in [2.24, 2.45) is 0 Å². The molecule has 0 spiro atoms. The maximum atomic E-state index is 13.1. The van der Waals surface area contributed by atoms with E-state index in [0.717, 1.165) is 32.0 Å². The Bertz CT molecular complexity index is 839. The van der Waals surface area contributed by atoms with E-state index in [1.54, 1.807) is 0 Å². The minimum Gasteiger partial charge on any atom is -0.368 e. The van der Waals surface area contributed by atoms with Crippen molar-refractivity contribution in [1.29, 1.82) is 0 Å². The Hall–Kier alpha value is -2.63. The molecule has 1 aromatic carbocycles. The molecule has 1 saturated heterocycles. The number of amides is 1. The fraction of sp³-hybridized carbons (Fsp3) is 0.500. The number of hydrogen-bond acceptors (Lipinski definition) is 5.